The fourth-order valence-electron chi connectivity index (χ4n) is 2.19. The highest BCUT2D eigenvalue weighted by atomic mass is 35.5. The van der Waals surface area contributed by atoms with Crippen LogP contribution in [0.15, 0.2) is 36.4 Å². The van der Waals surface area contributed by atoms with Crippen LogP contribution < -0.4 is 20.1 Å². The van der Waals surface area contributed by atoms with Crippen LogP contribution in [0, 0.1) is 10.1 Å². The number of methoxy groups -OCH3 is 2. The van der Waals surface area contributed by atoms with Gasteiger partial charge in [-0.3, -0.25) is 14.9 Å². The van der Waals surface area contributed by atoms with E-state index in [1.54, 1.807) is 19.1 Å². The van der Waals surface area contributed by atoms with Gasteiger partial charge in [0.25, 0.3) is 5.69 Å². The van der Waals surface area contributed by atoms with Crippen molar-refractivity contribution in [2.24, 2.45) is 0 Å². The molecule has 138 valence electrons. The standard InChI is InChI=1S/C17H18ClN3O5/c1-10(17(22)20-11-4-6-12(7-5-11)21(23)24)19-14-8-13(18)15(25-2)9-16(14)26-3/h4-10,19H,1-3H3,(H,20,22)/t10-/m0/s1. The smallest absolute Gasteiger partial charge is 0.269 e. The van der Waals surface area contributed by atoms with Crippen molar-refractivity contribution in [1.82, 2.24) is 0 Å². The molecular weight excluding hydrogens is 362 g/mol. The summed E-state index contributed by atoms with van der Waals surface area (Å²) in [5.41, 5.74) is 0.936. The summed E-state index contributed by atoms with van der Waals surface area (Å²) in [4.78, 5) is 22.5. The summed E-state index contributed by atoms with van der Waals surface area (Å²) in [6.45, 7) is 1.66. The highest BCUT2D eigenvalue weighted by Crippen LogP contribution is 2.36. The number of amides is 1. The fourth-order valence-corrected chi connectivity index (χ4v) is 2.43. The lowest BCUT2D eigenvalue weighted by atomic mass is 10.2. The number of nitro groups is 1. The van der Waals surface area contributed by atoms with Gasteiger partial charge in [-0.25, -0.2) is 0 Å². The number of anilines is 2. The van der Waals surface area contributed by atoms with Crippen molar-refractivity contribution in [2.75, 3.05) is 24.9 Å². The first-order chi connectivity index (χ1) is 12.3. The second-order valence-electron chi connectivity index (χ2n) is 5.35. The lowest BCUT2D eigenvalue weighted by molar-refractivity contribution is -0.384. The van der Waals surface area contributed by atoms with Crippen molar-refractivity contribution in [3.8, 4) is 11.5 Å². The number of benzene rings is 2. The zero-order valence-electron chi connectivity index (χ0n) is 14.4. The second kappa shape index (κ2) is 8.39. The monoisotopic (exact) mass is 379 g/mol. The normalized spacial score (nSPS) is 11.4. The minimum Gasteiger partial charge on any atom is -0.495 e. The molecule has 0 fully saturated rings. The molecule has 0 unspecified atom stereocenters. The van der Waals surface area contributed by atoms with Gasteiger partial charge in [0, 0.05) is 23.9 Å². The zero-order chi connectivity index (χ0) is 19.3. The number of carbonyl (C=O) groups excluding carboxylic acids is 1. The summed E-state index contributed by atoms with van der Waals surface area (Å²) < 4.78 is 10.4. The van der Waals surface area contributed by atoms with E-state index < -0.39 is 11.0 Å². The van der Waals surface area contributed by atoms with E-state index in [0.29, 0.717) is 27.9 Å². The molecule has 1 amide bonds. The van der Waals surface area contributed by atoms with Gasteiger partial charge in [-0.05, 0) is 25.1 Å². The van der Waals surface area contributed by atoms with Crippen LogP contribution in [-0.2, 0) is 4.79 Å². The Hall–Kier alpha value is -3.00. The summed E-state index contributed by atoms with van der Waals surface area (Å²) in [5, 5.41) is 16.7. The molecule has 0 aromatic heterocycles. The van der Waals surface area contributed by atoms with Crippen molar-refractivity contribution >= 4 is 34.6 Å². The van der Waals surface area contributed by atoms with Crippen LogP contribution in [0.3, 0.4) is 0 Å². The topological polar surface area (TPSA) is 103 Å². The quantitative estimate of drug-likeness (QED) is 0.561. The maximum Gasteiger partial charge on any atom is 0.269 e. The van der Waals surface area contributed by atoms with E-state index >= 15 is 0 Å². The SMILES string of the molecule is COc1cc(OC)c(N[C@@H](C)C(=O)Nc2ccc([N+](=O)[O-])cc2)cc1Cl. The van der Waals surface area contributed by atoms with Gasteiger partial charge in [0.15, 0.2) is 0 Å². The average molecular weight is 380 g/mol. The number of nitro benzene ring substituents is 1. The van der Waals surface area contributed by atoms with Gasteiger partial charge in [0.05, 0.1) is 29.9 Å². The van der Waals surface area contributed by atoms with Crippen molar-refractivity contribution in [2.45, 2.75) is 13.0 Å². The first-order valence-corrected chi connectivity index (χ1v) is 7.97. The first-order valence-electron chi connectivity index (χ1n) is 7.59. The lowest BCUT2D eigenvalue weighted by Crippen LogP contribution is -2.32. The highest BCUT2D eigenvalue weighted by Gasteiger charge is 2.17. The summed E-state index contributed by atoms with van der Waals surface area (Å²) >= 11 is 6.12. The fraction of sp³-hybridized carbons (Fsp3) is 0.235. The summed E-state index contributed by atoms with van der Waals surface area (Å²) in [5.74, 6) is 0.603. The molecule has 2 aromatic carbocycles. The van der Waals surface area contributed by atoms with E-state index in [2.05, 4.69) is 10.6 Å². The van der Waals surface area contributed by atoms with Crippen molar-refractivity contribution in [1.29, 1.82) is 0 Å². The number of carbonyl (C=O) groups is 1. The van der Waals surface area contributed by atoms with Gasteiger partial charge in [0.2, 0.25) is 5.91 Å². The Morgan fingerprint density at radius 1 is 1.15 bits per heavy atom. The zero-order valence-corrected chi connectivity index (χ0v) is 15.2. The van der Waals surface area contributed by atoms with E-state index in [-0.39, 0.29) is 11.6 Å². The van der Waals surface area contributed by atoms with E-state index in [0.717, 1.165) is 0 Å². The number of nitrogens with one attached hydrogen (secondary N) is 2. The largest absolute Gasteiger partial charge is 0.495 e. The molecule has 0 heterocycles. The van der Waals surface area contributed by atoms with Crippen molar-refractivity contribution in [3.63, 3.8) is 0 Å². The van der Waals surface area contributed by atoms with Crippen LogP contribution >= 0.6 is 11.6 Å². The molecule has 26 heavy (non-hydrogen) atoms. The Morgan fingerprint density at radius 2 is 1.77 bits per heavy atom. The maximum absolute atomic E-state index is 12.3. The van der Waals surface area contributed by atoms with Crippen LogP contribution in [0.4, 0.5) is 17.1 Å². The Kier molecular flexibility index (Phi) is 6.24. The number of hydrogen-bond donors (Lipinski definition) is 2. The molecule has 0 aliphatic heterocycles. The van der Waals surface area contributed by atoms with E-state index in [9.17, 15) is 14.9 Å². The third kappa shape index (κ3) is 4.54. The average Bonchev–Trinajstić information content (AvgIpc) is 2.62. The van der Waals surface area contributed by atoms with Gasteiger partial charge in [-0.2, -0.15) is 0 Å². The maximum atomic E-state index is 12.3. The molecule has 8 nitrogen and oxygen atoms in total. The molecule has 0 radical (unpaired) electrons. The molecule has 0 bridgehead atoms. The minimum absolute atomic E-state index is 0.0493. The van der Waals surface area contributed by atoms with E-state index in [1.165, 1.54) is 38.5 Å². The summed E-state index contributed by atoms with van der Waals surface area (Å²) in [6.07, 6.45) is 0. The number of ether oxygens (including phenoxy) is 2. The molecule has 2 rings (SSSR count). The Balaban J connectivity index is 2.09. The molecule has 0 saturated heterocycles. The van der Waals surface area contributed by atoms with Gasteiger partial charge >= 0.3 is 0 Å². The second-order valence-corrected chi connectivity index (χ2v) is 5.75. The predicted octanol–water partition coefficient (Wildman–Crippen LogP) is 3.70. The number of halogens is 1. The van der Waals surface area contributed by atoms with Crippen LogP contribution in [0.2, 0.25) is 5.02 Å². The van der Waals surface area contributed by atoms with Gasteiger partial charge in [0.1, 0.15) is 17.5 Å². The van der Waals surface area contributed by atoms with Crippen LogP contribution in [0.1, 0.15) is 6.92 Å². The Morgan fingerprint density at radius 3 is 2.31 bits per heavy atom. The molecule has 0 spiro atoms. The van der Waals surface area contributed by atoms with E-state index in [4.69, 9.17) is 21.1 Å². The predicted molar refractivity (Wildman–Crippen MR) is 99.4 cm³/mol. The molecule has 0 aliphatic rings. The molecule has 1 atom stereocenters. The van der Waals surface area contributed by atoms with Crippen LogP contribution in [-0.4, -0.2) is 31.1 Å². The Bertz CT molecular complexity index is 811. The number of nitrogens with zero attached hydrogens (tertiary/aromatic N) is 1. The molecular formula is C17H18ClN3O5. The molecule has 2 aromatic rings. The van der Waals surface area contributed by atoms with Crippen LogP contribution in [0.5, 0.6) is 11.5 Å². The van der Waals surface area contributed by atoms with Crippen molar-refractivity contribution in [3.05, 3.63) is 51.5 Å². The van der Waals surface area contributed by atoms with Gasteiger partial charge in [-0.15, -0.1) is 0 Å². The summed E-state index contributed by atoms with van der Waals surface area (Å²) in [7, 11) is 2.99. The van der Waals surface area contributed by atoms with E-state index in [1.807, 2.05) is 0 Å². The summed E-state index contributed by atoms with van der Waals surface area (Å²) in [6, 6.07) is 8.17. The van der Waals surface area contributed by atoms with Crippen LogP contribution in [0.25, 0.3) is 0 Å². The number of hydrogen-bond acceptors (Lipinski definition) is 6. The molecule has 0 saturated carbocycles. The minimum atomic E-state index is -0.622. The third-order valence-electron chi connectivity index (χ3n) is 3.58. The third-order valence-corrected chi connectivity index (χ3v) is 3.88. The molecule has 0 aliphatic carbocycles. The first kappa shape index (κ1) is 19.3. The molecule has 9 heteroatoms. The van der Waals surface area contributed by atoms with Gasteiger partial charge < -0.3 is 20.1 Å². The van der Waals surface area contributed by atoms with Crippen molar-refractivity contribution < 1.29 is 19.2 Å². The highest BCUT2D eigenvalue weighted by molar-refractivity contribution is 6.32. The Labute approximate surface area is 155 Å². The number of non-ortho nitro benzene ring substituents is 1. The molecule has 2 N–H and O–H groups in total. The van der Waals surface area contributed by atoms with Gasteiger partial charge in [-0.1, -0.05) is 11.6 Å². The lowest BCUT2D eigenvalue weighted by Gasteiger charge is -2.18. The number of rotatable bonds is 7.